The van der Waals surface area contributed by atoms with E-state index in [0.29, 0.717) is 0 Å². The molecular formula is C17H28N2O2. The Kier molecular flexibility index (Phi) is 3.40. The first-order valence-electron chi connectivity index (χ1n) is 8.82. The first-order valence-corrected chi connectivity index (χ1v) is 8.82. The topological polar surface area (TPSA) is 50.4 Å². The minimum Gasteiger partial charge on any atom is -0.376 e. The molecule has 4 saturated carbocycles. The number of amides is 2. The summed E-state index contributed by atoms with van der Waals surface area (Å²) in [5, 5.41) is 6.50. The summed E-state index contributed by atoms with van der Waals surface area (Å²) in [4.78, 5) is 12.4. The average molecular weight is 292 g/mol. The second-order valence-electron chi connectivity index (χ2n) is 8.14. The van der Waals surface area contributed by atoms with Crippen LogP contribution in [0.5, 0.6) is 0 Å². The minimum absolute atomic E-state index is 0.0277. The van der Waals surface area contributed by atoms with Crippen LogP contribution in [0.25, 0.3) is 0 Å². The Labute approximate surface area is 127 Å². The molecule has 5 fully saturated rings. The summed E-state index contributed by atoms with van der Waals surface area (Å²) in [6.45, 7) is 2.91. The van der Waals surface area contributed by atoms with Crippen LogP contribution in [0.2, 0.25) is 0 Å². The molecule has 2 amide bonds. The van der Waals surface area contributed by atoms with E-state index in [-0.39, 0.29) is 23.7 Å². The highest BCUT2D eigenvalue weighted by Gasteiger charge is 2.51. The second kappa shape index (κ2) is 5.15. The molecule has 21 heavy (non-hydrogen) atoms. The van der Waals surface area contributed by atoms with Crippen molar-refractivity contribution in [1.82, 2.24) is 10.6 Å². The van der Waals surface area contributed by atoms with Crippen molar-refractivity contribution in [3.63, 3.8) is 0 Å². The van der Waals surface area contributed by atoms with Gasteiger partial charge in [0.1, 0.15) is 0 Å². The fourth-order valence-electron chi connectivity index (χ4n) is 5.84. The molecule has 5 aliphatic rings. The third kappa shape index (κ3) is 2.67. The zero-order valence-electron chi connectivity index (χ0n) is 13.1. The molecule has 0 spiro atoms. The van der Waals surface area contributed by atoms with E-state index in [4.69, 9.17) is 4.74 Å². The van der Waals surface area contributed by atoms with E-state index in [1.165, 1.54) is 38.5 Å². The lowest BCUT2D eigenvalue weighted by molar-refractivity contribution is -0.0140. The Hall–Kier alpha value is -0.770. The Morgan fingerprint density at radius 2 is 1.76 bits per heavy atom. The van der Waals surface area contributed by atoms with E-state index in [0.717, 1.165) is 37.2 Å². The lowest BCUT2D eigenvalue weighted by atomic mass is 9.53. The molecule has 118 valence electrons. The van der Waals surface area contributed by atoms with E-state index in [9.17, 15) is 4.79 Å². The van der Waals surface area contributed by atoms with Crippen molar-refractivity contribution < 1.29 is 9.53 Å². The van der Waals surface area contributed by atoms with Gasteiger partial charge in [0.25, 0.3) is 0 Å². The van der Waals surface area contributed by atoms with Crippen LogP contribution in [-0.4, -0.2) is 30.3 Å². The molecule has 1 saturated heterocycles. The summed E-state index contributed by atoms with van der Waals surface area (Å²) in [5.74, 6) is 2.60. The minimum atomic E-state index is 0.0277. The normalized spacial score (nSPS) is 45.6. The highest BCUT2D eigenvalue weighted by atomic mass is 16.5. The molecule has 0 aromatic heterocycles. The van der Waals surface area contributed by atoms with Gasteiger partial charge in [-0.1, -0.05) is 0 Å². The van der Waals surface area contributed by atoms with Crippen molar-refractivity contribution in [1.29, 1.82) is 0 Å². The summed E-state index contributed by atoms with van der Waals surface area (Å²) >= 11 is 0. The van der Waals surface area contributed by atoms with Crippen LogP contribution in [0.1, 0.15) is 58.3 Å². The summed E-state index contributed by atoms with van der Waals surface area (Å²) < 4.78 is 5.67. The molecule has 0 aromatic rings. The van der Waals surface area contributed by atoms with Gasteiger partial charge in [-0.3, -0.25) is 0 Å². The van der Waals surface area contributed by atoms with Gasteiger partial charge in [-0.05, 0) is 76.0 Å². The Morgan fingerprint density at radius 3 is 2.29 bits per heavy atom. The Morgan fingerprint density at radius 1 is 1.14 bits per heavy atom. The molecule has 2 N–H and O–H groups in total. The van der Waals surface area contributed by atoms with Crippen LogP contribution in [0.15, 0.2) is 0 Å². The maximum absolute atomic E-state index is 12.4. The van der Waals surface area contributed by atoms with Crippen LogP contribution in [0.4, 0.5) is 4.79 Å². The molecule has 0 unspecified atom stereocenters. The number of urea groups is 1. The fourth-order valence-corrected chi connectivity index (χ4v) is 5.84. The van der Waals surface area contributed by atoms with Crippen molar-refractivity contribution in [2.45, 2.75) is 76.0 Å². The number of ether oxygens (including phenoxy) is 1. The molecule has 1 heterocycles. The maximum Gasteiger partial charge on any atom is 0.315 e. The predicted octanol–water partition coefficient (Wildman–Crippen LogP) is 2.82. The highest BCUT2D eigenvalue weighted by Crippen LogP contribution is 2.55. The summed E-state index contributed by atoms with van der Waals surface area (Å²) in [6.07, 6.45) is 10.2. The van der Waals surface area contributed by atoms with E-state index in [1.54, 1.807) is 0 Å². The molecular weight excluding hydrogens is 264 g/mol. The summed E-state index contributed by atoms with van der Waals surface area (Å²) in [5.41, 5.74) is 0.106. The third-order valence-corrected chi connectivity index (χ3v) is 6.30. The first-order chi connectivity index (χ1) is 10.1. The van der Waals surface area contributed by atoms with Gasteiger partial charge in [0.05, 0.1) is 12.1 Å². The molecule has 1 aliphatic heterocycles. The molecule has 2 atom stereocenters. The Bertz CT molecular complexity index is 382. The average Bonchev–Trinajstić information content (AvgIpc) is 2.89. The first kappa shape index (κ1) is 13.9. The Balaban J connectivity index is 1.36. The standard InChI is InChI=1S/C17H28N2O2/c1-11(15-3-2-4-21-15)18-16(20)19-17-8-12-5-13(9-17)7-14(6-12)10-17/h11-15H,2-10H2,1H3,(H2,18,19,20)/t11-,12?,13?,14?,15-,17?/m0/s1. The van der Waals surface area contributed by atoms with E-state index in [2.05, 4.69) is 17.6 Å². The van der Waals surface area contributed by atoms with Gasteiger partial charge in [0.2, 0.25) is 0 Å². The third-order valence-electron chi connectivity index (χ3n) is 6.30. The van der Waals surface area contributed by atoms with Crippen molar-refractivity contribution in [3.05, 3.63) is 0 Å². The largest absolute Gasteiger partial charge is 0.376 e. The SMILES string of the molecule is C[C@H](NC(=O)NC12CC3CC(CC(C3)C1)C2)[C@@H]1CCCO1. The predicted molar refractivity (Wildman–Crippen MR) is 81.0 cm³/mol. The molecule has 4 bridgehead atoms. The van der Waals surface area contributed by atoms with Crippen LogP contribution >= 0.6 is 0 Å². The molecule has 4 nitrogen and oxygen atoms in total. The molecule has 0 radical (unpaired) electrons. The quantitative estimate of drug-likeness (QED) is 0.840. The van der Waals surface area contributed by atoms with Gasteiger partial charge in [0.15, 0.2) is 0 Å². The van der Waals surface area contributed by atoms with Gasteiger partial charge in [0, 0.05) is 12.1 Å². The molecule has 4 aliphatic carbocycles. The summed E-state index contributed by atoms with van der Waals surface area (Å²) in [6, 6.07) is 0.140. The van der Waals surface area contributed by atoms with Gasteiger partial charge < -0.3 is 15.4 Å². The number of carbonyl (C=O) groups is 1. The van der Waals surface area contributed by atoms with Crippen LogP contribution in [0.3, 0.4) is 0 Å². The molecule has 0 aromatic carbocycles. The maximum atomic E-state index is 12.4. The van der Waals surface area contributed by atoms with E-state index >= 15 is 0 Å². The van der Waals surface area contributed by atoms with Crippen molar-refractivity contribution >= 4 is 6.03 Å². The van der Waals surface area contributed by atoms with Gasteiger partial charge in [-0.15, -0.1) is 0 Å². The van der Waals surface area contributed by atoms with Crippen molar-refractivity contribution in [3.8, 4) is 0 Å². The molecule has 5 rings (SSSR count). The zero-order chi connectivity index (χ0) is 14.4. The number of nitrogens with one attached hydrogen (secondary N) is 2. The number of hydrogen-bond donors (Lipinski definition) is 2. The smallest absolute Gasteiger partial charge is 0.315 e. The number of hydrogen-bond acceptors (Lipinski definition) is 2. The highest BCUT2D eigenvalue weighted by molar-refractivity contribution is 5.75. The monoisotopic (exact) mass is 292 g/mol. The molecule has 4 heteroatoms. The number of rotatable bonds is 3. The van der Waals surface area contributed by atoms with Crippen molar-refractivity contribution in [2.24, 2.45) is 17.8 Å². The van der Waals surface area contributed by atoms with Crippen molar-refractivity contribution in [2.75, 3.05) is 6.61 Å². The lowest BCUT2D eigenvalue weighted by Crippen LogP contribution is -2.62. The fraction of sp³-hybridized carbons (Fsp3) is 0.941. The van der Waals surface area contributed by atoms with Crippen LogP contribution < -0.4 is 10.6 Å². The van der Waals surface area contributed by atoms with Crippen LogP contribution in [-0.2, 0) is 4.74 Å². The van der Waals surface area contributed by atoms with Gasteiger partial charge >= 0.3 is 6.03 Å². The zero-order valence-corrected chi connectivity index (χ0v) is 13.1. The van der Waals surface area contributed by atoms with E-state index in [1.807, 2.05) is 0 Å². The van der Waals surface area contributed by atoms with Crippen LogP contribution in [0, 0.1) is 17.8 Å². The number of carbonyl (C=O) groups excluding carboxylic acids is 1. The van der Waals surface area contributed by atoms with E-state index < -0.39 is 0 Å². The lowest BCUT2D eigenvalue weighted by Gasteiger charge is -2.56. The van der Waals surface area contributed by atoms with Gasteiger partial charge in [-0.25, -0.2) is 4.79 Å². The van der Waals surface area contributed by atoms with Gasteiger partial charge in [-0.2, -0.15) is 0 Å². The summed E-state index contributed by atoms with van der Waals surface area (Å²) in [7, 11) is 0. The second-order valence-corrected chi connectivity index (χ2v) is 8.14.